The summed E-state index contributed by atoms with van der Waals surface area (Å²) in [7, 11) is -3.89. The van der Waals surface area contributed by atoms with E-state index in [1.165, 1.54) is 42.6 Å². The fourth-order valence-electron chi connectivity index (χ4n) is 2.39. The minimum absolute atomic E-state index is 0.0315. The van der Waals surface area contributed by atoms with Gasteiger partial charge in [-0.3, -0.25) is 9.52 Å². The molecule has 0 saturated heterocycles. The Labute approximate surface area is 181 Å². The molecule has 0 fully saturated rings. The zero-order valence-corrected chi connectivity index (χ0v) is 18.0. The van der Waals surface area contributed by atoms with Gasteiger partial charge in [0.1, 0.15) is 0 Å². The molecule has 0 aromatic heterocycles. The van der Waals surface area contributed by atoms with Gasteiger partial charge in [0.25, 0.3) is 15.9 Å². The Morgan fingerprint density at radius 3 is 2.34 bits per heavy atom. The standard InChI is InChI=1S/C20H15BrClN3O3S/c21-18-7-3-1-5-14(18)13-23-24-20(26)17-6-2-4-8-19(17)25-29(27,28)16-11-9-15(22)10-12-16/h1-13,25H,(H,24,26). The molecule has 3 aromatic carbocycles. The number of benzene rings is 3. The van der Waals surface area contributed by atoms with Crippen LogP contribution in [0, 0.1) is 0 Å². The molecular formula is C20H15BrClN3O3S. The smallest absolute Gasteiger partial charge is 0.273 e. The Kier molecular flexibility index (Phi) is 6.68. The monoisotopic (exact) mass is 491 g/mol. The molecule has 6 nitrogen and oxygen atoms in total. The number of carbonyl (C=O) groups excluding carboxylic acids is 1. The number of hydrazone groups is 1. The van der Waals surface area contributed by atoms with Gasteiger partial charge in [0, 0.05) is 15.1 Å². The average Bonchev–Trinajstić information content (AvgIpc) is 2.70. The molecule has 0 spiro atoms. The zero-order chi connectivity index (χ0) is 20.9. The summed E-state index contributed by atoms with van der Waals surface area (Å²) in [6.45, 7) is 0. The first-order valence-corrected chi connectivity index (χ1v) is 11.0. The number of hydrogen-bond donors (Lipinski definition) is 2. The van der Waals surface area contributed by atoms with Gasteiger partial charge in [-0.15, -0.1) is 0 Å². The topological polar surface area (TPSA) is 87.6 Å². The van der Waals surface area contributed by atoms with Gasteiger partial charge >= 0.3 is 0 Å². The van der Waals surface area contributed by atoms with Gasteiger partial charge in [-0.2, -0.15) is 5.10 Å². The van der Waals surface area contributed by atoms with Gasteiger partial charge in [-0.1, -0.05) is 57.9 Å². The number of sulfonamides is 1. The van der Waals surface area contributed by atoms with Gasteiger partial charge < -0.3 is 0 Å². The summed E-state index contributed by atoms with van der Waals surface area (Å²) in [5.41, 5.74) is 3.46. The van der Waals surface area contributed by atoms with E-state index in [2.05, 4.69) is 31.2 Å². The van der Waals surface area contributed by atoms with Crippen molar-refractivity contribution in [2.45, 2.75) is 4.90 Å². The molecule has 0 saturated carbocycles. The summed E-state index contributed by atoms with van der Waals surface area (Å²) in [4.78, 5) is 12.6. The Morgan fingerprint density at radius 1 is 0.966 bits per heavy atom. The fourth-order valence-corrected chi connectivity index (χ4v) is 3.98. The van der Waals surface area contributed by atoms with E-state index in [-0.39, 0.29) is 16.1 Å². The van der Waals surface area contributed by atoms with Crippen molar-refractivity contribution in [3.05, 3.63) is 93.4 Å². The quantitative estimate of drug-likeness (QED) is 0.387. The van der Waals surface area contributed by atoms with Crippen LogP contribution in [0.4, 0.5) is 5.69 Å². The number of carbonyl (C=O) groups is 1. The number of nitrogens with zero attached hydrogens (tertiary/aromatic N) is 1. The molecule has 0 bridgehead atoms. The second kappa shape index (κ2) is 9.21. The first-order valence-electron chi connectivity index (χ1n) is 8.32. The first-order chi connectivity index (χ1) is 13.9. The third-order valence-electron chi connectivity index (χ3n) is 3.81. The van der Waals surface area contributed by atoms with Crippen LogP contribution in [-0.2, 0) is 10.0 Å². The highest BCUT2D eigenvalue weighted by molar-refractivity contribution is 9.10. The van der Waals surface area contributed by atoms with Gasteiger partial charge in [0.2, 0.25) is 0 Å². The van der Waals surface area contributed by atoms with Crippen molar-refractivity contribution < 1.29 is 13.2 Å². The van der Waals surface area contributed by atoms with Crippen LogP contribution in [0.2, 0.25) is 5.02 Å². The number of hydrogen-bond acceptors (Lipinski definition) is 4. The molecule has 0 aliphatic carbocycles. The molecule has 0 radical (unpaired) electrons. The lowest BCUT2D eigenvalue weighted by molar-refractivity contribution is 0.0956. The predicted molar refractivity (Wildman–Crippen MR) is 118 cm³/mol. The third-order valence-corrected chi connectivity index (χ3v) is 6.17. The maximum Gasteiger partial charge on any atom is 0.273 e. The molecule has 29 heavy (non-hydrogen) atoms. The SMILES string of the molecule is O=C(NN=Cc1ccccc1Br)c1ccccc1NS(=O)(=O)c1ccc(Cl)cc1. The maximum atomic E-state index is 12.6. The van der Waals surface area contributed by atoms with Crippen molar-refractivity contribution in [1.29, 1.82) is 0 Å². The van der Waals surface area contributed by atoms with E-state index in [0.717, 1.165) is 10.0 Å². The lowest BCUT2D eigenvalue weighted by Gasteiger charge is -2.11. The second-order valence-corrected chi connectivity index (χ2v) is 8.80. The minimum atomic E-state index is -3.89. The third kappa shape index (κ3) is 5.44. The van der Waals surface area contributed by atoms with Crippen molar-refractivity contribution in [3.63, 3.8) is 0 Å². The number of para-hydroxylation sites is 1. The number of anilines is 1. The summed E-state index contributed by atoms with van der Waals surface area (Å²) >= 11 is 9.20. The first kappa shape index (κ1) is 21.0. The van der Waals surface area contributed by atoms with E-state index < -0.39 is 15.9 Å². The molecule has 148 valence electrons. The van der Waals surface area contributed by atoms with E-state index >= 15 is 0 Å². The molecule has 9 heteroatoms. The summed E-state index contributed by atoms with van der Waals surface area (Å²) < 4.78 is 28.5. The summed E-state index contributed by atoms with van der Waals surface area (Å²) in [6.07, 6.45) is 1.49. The Bertz CT molecular complexity index is 1170. The Balaban J connectivity index is 1.78. The number of amides is 1. The minimum Gasteiger partial charge on any atom is -0.279 e. The lowest BCUT2D eigenvalue weighted by Crippen LogP contribution is -2.21. The molecule has 3 rings (SSSR count). The van der Waals surface area contributed by atoms with Gasteiger partial charge in [-0.05, 0) is 42.5 Å². The van der Waals surface area contributed by atoms with Crippen molar-refractivity contribution in [3.8, 4) is 0 Å². The van der Waals surface area contributed by atoms with E-state index in [1.54, 1.807) is 12.1 Å². The molecule has 0 heterocycles. The van der Waals surface area contributed by atoms with Gasteiger partial charge in [0.15, 0.2) is 0 Å². The van der Waals surface area contributed by atoms with E-state index in [1.807, 2.05) is 24.3 Å². The second-order valence-electron chi connectivity index (χ2n) is 5.83. The summed E-state index contributed by atoms with van der Waals surface area (Å²) in [6, 6.07) is 19.4. The van der Waals surface area contributed by atoms with E-state index in [4.69, 9.17) is 11.6 Å². The lowest BCUT2D eigenvalue weighted by atomic mass is 10.2. The molecule has 2 N–H and O–H groups in total. The van der Waals surface area contributed by atoms with Crippen LogP contribution in [0.25, 0.3) is 0 Å². The Hall–Kier alpha value is -2.68. The summed E-state index contributed by atoms with van der Waals surface area (Å²) in [5, 5.41) is 4.36. The van der Waals surface area contributed by atoms with Crippen LogP contribution in [0.1, 0.15) is 15.9 Å². The molecule has 0 unspecified atom stereocenters. The van der Waals surface area contributed by atoms with Crippen LogP contribution in [-0.4, -0.2) is 20.5 Å². The highest BCUT2D eigenvalue weighted by Gasteiger charge is 2.18. The molecule has 0 aliphatic rings. The molecule has 3 aromatic rings. The largest absolute Gasteiger partial charge is 0.279 e. The average molecular weight is 493 g/mol. The van der Waals surface area contributed by atoms with Crippen molar-refractivity contribution in [2.24, 2.45) is 5.10 Å². The maximum absolute atomic E-state index is 12.6. The molecule has 0 aliphatic heterocycles. The van der Waals surface area contributed by atoms with Crippen LogP contribution in [0.3, 0.4) is 0 Å². The normalized spacial score (nSPS) is 11.4. The summed E-state index contributed by atoms with van der Waals surface area (Å²) in [5.74, 6) is -0.553. The van der Waals surface area contributed by atoms with E-state index in [9.17, 15) is 13.2 Å². The molecular weight excluding hydrogens is 478 g/mol. The highest BCUT2D eigenvalue weighted by atomic mass is 79.9. The zero-order valence-electron chi connectivity index (χ0n) is 14.8. The van der Waals surface area contributed by atoms with Gasteiger partial charge in [-0.25, -0.2) is 13.8 Å². The highest BCUT2D eigenvalue weighted by Crippen LogP contribution is 2.21. The van der Waals surface area contributed by atoms with Crippen LogP contribution < -0.4 is 10.1 Å². The number of nitrogens with one attached hydrogen (secondary N) is 2. The van der Waals surface area contributed by atoms with Gasteiger partial charge in [0.05, 0.1) is 22.4 Å². The van der Waals surface area contributed by atoms with Crippen LogP contribution in [0.15, 0.2) is 87.3 Å². The molecule has 0 atom stereocenters. The fraction of sp³-hybridized carbons (Fsp3) is 0. The predicted octanol–water partition coefficient (Wildman–Crippen LogP) is 4.67. The van der Waals surface area contributed by atoms with Crippen LogP contribution >= 0.6 is 27.5 Å². The number of halogens is 2. The number of rotatable bonds is 6. The van der Waals surface area contributed by atoms with Crippen molar-refractivity contribution >= 4 is 55.4 Å². The van der Waals surface area contributed by atoms with E-state index in [0.29, 0.717) is 5.02 Å². The van der Waals surface area contributed by atoms with Crippen molar-refractivity contribution in [2.75, 3.05) is 4.72 Å². The Morgan fingerprint density at radius 2 is 1.62 bits per heavy atom. The van der Waals surface area contributed by atoms with Crippen molar-refractivity contribution in [1.82, 2.24) is 5.43 Å². The van der Waals surface area contributed by atoms with Crippen LogP contribution in [0.5, 0.6) is 0 Å². The molecule has 1 amide bonds.